The van der Waals surface area contributed by atoms with E-state index in [1.165, 1.54) is 24.3 Å². The van der Waals surface area contributed by atoms with Crippen molar-refractivity contribution in [3.05, 3.63) is 29.8 Å². The molecule has 1 aromatic carbocycles. The fourth-order valence-electron chi connectivity index (χ4n) is 1.59. The van der Waals surface area contributed by atoms with E-state index < -0.39 is 21.9 Å². The second-order valence-corrected chi connectivity index (χ2v) is 6.68. The summed E-state index contributed by atoms with van der Waals surface area (Å²) >= 11 is 0. The number of esters is 1. The highest BCUT2D eigenvalue weighted by Crippen LogP contribution is 2.11. The van der Waals surface area contributed by atoms with Crippen LogP contribution in [0.25, 0.3) is 0 Å². The Morgan fingerprint density at radius 2 is 1.77 bits per heavy atom. The quantitative estimate of drug-likeness (QED) is 0.579. The lowest BCUT2D eigenvalue weighted by atomic mass is 10.1. The molecule has 2 N–H and O–H groups in total. The Morgan fingerprint density at radius 1 is 1.18 bits per heavy atom. The molecule has 22 heavy (non-hydrogen) atoms. The van der Waals surface area contributed by atoms with E-state index >= 15 is 0 Å². The maximum absolute atomic E-state index is 12.0. The zero-order valence-electron chi connectivity index (χ0n) is 12.8. The third kappa shape index (κ3) is 5.45. The molecule has 0 heterocycles. The Bertz CT molecular complexity index is 623. The Balaban J connectivity index is 2.73. The van der Waals surface area contributed by atoms with Crippen LogP contribution >= 0.6 is 0 Å². The third-order valence-corrected chi connectivity index (χ3v) is 3.86. The summed E-state index contributed by atoms with van der Waals surface area (Å²) in [5, 5.41) is 0. The number of hydrogen-bond acceptors (Lipinski definition) is 5. The Labute approximate surface area is 130 Å². The van der Waals surface area contributed by atoms with Gasteiger partial charge < -0.3 is 4.74 Å². The van der Waals surface area contributed by atoms with E-state index in [0.717, 1.165) is 0 Å². The molecule has 0 fully saturated rings. The maximum atomic E-state index is 12.0. The Morgan fingerprint density at radius 3 is 2.27 bits per heavy atom. The molecule has 7 nitrogen and oxygen atoms in total. The van der Waals surface area contributed by atoms with Crippen molar-refractivity contribution in [1.82, 2.24) is 10.3 Å². The summed E-state index contributed by atoms with van der Waals surface area (Å²) < 4.78 is 28.8. The van der Waals surface area contributed by atoms with Gasteiger partial charge in [-0.15, -0.1) is 4.83 Å². The highest BCUT2D eigenvalue weighted by molar-refractivity contribution is 7.89. The number of carbonyl (C=O) groups is 2. The molecule has 0 atom stereocenters. The minimum Gasteiger partial charge on any atom is -0.462 e. The van der Waals surface area contributed by atoms with E-state index in [4.69, 9.17) is 4.74 Å². The van der Waals surface area contributed by atoms with Crippen molar-refractivity contribution < 1.29 is 22.7 Å². The largest absolute Gasteiger partial charge is 0.462 e. The molecule has 0 aliphatic rings. The summed E-state index contributed by atoms with van der Waals surface area (Å²) in [4.78, 5) is 24.9. The van der Waals surface area contributed by atoms with E-state index in [0.29, 0.717) is 0 Å². The Kier molecular flexibility index (Phi) is 6.51. The summed E-state index contributed by atoms with van der Waals surface area (Å²) in [6.45, 7) is 5.62. The number of carbonyl (C=O) groups excluding carboxylic acids is 2. The molecule has 1 rings (SSSR count). The number of amides is 1. The van der Waals surface area contributed by atoms with Crippen molar-refractivity contribution in [2.45, 2.75) is 32.1 Å². The zero-order valence-corrected chi connectivity index (χ0v) is 13.6. The molecule has 0 saturated heterocycles. The highest BCUT2D eigenvalue weighted by atomic mass is 32.2. The van der Waals surface area contributed by atoms with Gasteiger partial charge in [0.05, 0.1) is 17.1 Å². The first kappa shape index (κ1) is 18.1. The first-order valence-corrected chi connectivity index (χ1v) is 8.32. The molecule has 0 unspecified atom stereocenters. The van der Waals surface area contributed by atoms with Crippen molar-refractivity contribution in [2.75, 3.05) is 6.61 Å². The van der Waals surface area contributed by atoms with E-state index in [-0.39, 0.29) is 29.4 Å². The van der Waals surface area contributed by atoms with Gasteiger partial charge in [0.2, 0.25) is 5.91 Å². The van der Waals surface area contributed by atoms with Gasteiger partial charge in [0.25, 0.3) is 10.0 Å². The predicted molar refractivity (Wildman–Crippen MR) is 80.3 cm³/mol. The fourth-order valence-corrected chi connectivity index (χ4v) is 2.45. The molecular weight excluding hydrogens is 308 g/mol. The molecule has 0 radical (unpaired) electrons. The van der Waals surface area contributed by atoms with Crippen LogP contribution in [0.1, 0.15) is 37.6 Å². The SMILES string of the molecule is CCOC(=O)c1ccc(S(=O)(=O)NNC(=O)CC(C)C)cc1. The second kappa shape index (κ2) is 7.90. The number of ether oxygens (including phenoxy) is 1. The van der Waals surface area contributed by atoms with Crippen LogP contribution in [0.15, 0.2) is 29.2 Å². The molecule has 8 heteroatoms. The lowest BCUT2D eigenvalue weighted by Crippen LogP contribution is -2.41. The standard InChI is InChI=1S/C14H20N2O5S/c1-4-21-14(18)11-5-7-12(8-6-11)22(19,20)16-15-13(17)9-10(2)3/h5-8,10,16H,4,9H2,1-3H3,(H,15,17). The number of benzene rings is 1. The van der Waals surface area contributed by atoms with Crippen molar-refractivity contribution >= 4 is 21.9 Å². The van der Waals surface area contributed by atoms with Gasteiger partial charge in [-0.3, -0.25) is 10.2 Å². The van der Waals surface area contributed by atoms with Crippen molar-refractivity contribution in [3.63, 3.8) is 0 Å². The summed E-state index contributed by atoms with van der Waals surface area (Å²) in [7, 11) is -3.88. The molecule has 122 valence electrons. The fraction of sp³-hybridized carbons (Fsp3) is 0.429. The number of rotatable bonds is 7. The van der Waals surface area contributed by atoms with Crippen LogP contribution in [0.2, 0.25) is 0 Å². The summed E-state index contributed by atoms with van der Waals surface area (Å²) in [5.74, 6) is -0.820. The van der Waals surface area contributed by atoms with E-state index in [9.17, 15) is 18.0 Å². The van der Waals surface area contributed by atoms with Crippen LogP contribution < -0.4 is 10.3 Å². The minimum atomic E-state index is -3.88. The lowest BCUT2D eigenvalue weighted by molar-refractivity contribution is -0.122. The van der Waals surface area contributed by atoms with E-state index in [1.807, 2.05) is 18.7 Å². The highest BCUT2D eigenvalue weighted by Gasteiger charge is 2.16. The minimum absolute atomic E-state index is 0.0644. The molecule has 0 aromatic heterocycles. The summed E-state index contributed by atoms with van der Waals surface area (Å²) in [6.07, 6.45) is 0.213. The van der Waals surface area contributed by atoms with Crippen LogP contribution in [0, 0.1) is 5.92 Å². The van der Waals surface area contributed by atoms with E-state index in [2.05, 4.69) is 5.43 Å². The molecule has 0 spiro atoms. The van der Waals surface area contributed by atoms with Crippen LogP contribution in [-0.4, -0.2) is 26.9 Å². The number of sulfonamides is 1. The van der Waals surface area contributed by atoms with Crippen molar-refractivity contribution in [3.8, 4) is 0 Å². The molecule has 1 aromatic rings. The molecule has 0 aliphatic heterocycles. The monoisotopic (exact) mass is 328 g/mol. The molecule has 0 aliphatic carbocycles. The Hall–Kier alpha value is -1.93. The van der Waals surface area contributed by atoms with Gasteiger partial charge in [-0.2, -0.15) is 0 Å². The summed E-state index contributed by atoms with van der Waals surface area (Å²) in [5.41, 5.74) is 2.40. The number of hydrogen-bond donors (Lipinski definition) is 2. The van der Waals surface area contributed by atoms with Crippen LogP contribution in [0.4, 0.5) is 0 Å². The van der Waals surface area contributed by atoms with Crippen LogP contribution in [-0.2, 0) is 19.6 Å². The summed E-state index contributed by atoms with van der Waals surface area (Å²) in [6, 6.07) is 5.23. The van der Waals surface area contributed by atoms with Gasteiger partial charge in [0.1, 0.15) is 0 Å². The average molecular weight is 328 g/mol. The van der Waals surface area contributed by atoms with Crippen LogP contribution in [0.3, 0.4) is 0 Å². The second-order valence-electron chi connectivity index (χ2n) is 5.00. The molecule has 1 amide bonds. The van der Waals surface area contributed by atoms with Gasteiger partial charge in [-0.05, 0) is 37.1 Å². The first-order valence-electron chi connectivity index (χ1n) is 6.84. The van der Waals surface area contributed by atoms with Crippen LogP contribution in [0.5, 0.6) is 0 Å². The molecule has 0 bridgehead atoms. The predicted octanol–water partition coefficient (Wildman–Crippen LogP) is 1.22. The molecular formula is C14H20N2O5S. The lowest BCUT2D eigenvalue weighted by Gasteiger charge is -2.10. The number of nitrogens with one attached hydrogen (secondary N) is 2. The van der Waals surface area contributed by atoms with E-state index in [1.54, 1.807) is 6.92 Å². The van der Waals surface area contributed by atoms with Gasteiger partial charge >= 0.3 is 5.97 Å². The topological polar surface area (TPSA) is 102 Å². The van der Waals surface area contributed by atoms with Gasteiger partial charge in [0, 0.05) is 6.42 Å². The zero-order chi connectivity index (χ0) is 16.8. The van der Waals surface area contributed by atoms with Crippen molar-refractivity contribution in [1.29, 1.82) is 0 Å². The molecule has 0 saturated carbocycles. The smallest absolute Gasteiger partial charge is 0.338 e. The van der Waals surface area contributed by atoms with Gasteiger partial charge in [-0.25, -0.2) is 13.2 Å². The van der Waals surface area contributed by atoms with Gasteiger partial charge in [0.15, 0.2) is 0 Å². The average Bonchev–Trinajstić information content (AvgIpc) is 2.45. The first-order chi connectivity index (χ1) is 10.3. The number of hydrazine groups is 1. The third-order valence-electron chi connectivity index (χ3n) is 2.59. The van der Waals surface area contributed by atoms with Gasteiger partial charge in [-0.1, -0.05) is 13.8 Å². The van der Waals surface area contributed by atoms with Crippen molar-refractivity contribution in [2.24, 2.45) is 5.92 Å². The maximum Gasteiger partial charge on any atom is 0.338 e. The normalized spacial score (nSPS) is 11.3.